The highest BCUT2D eigenvalue weighted by molar-refractivity contribution is 7.89. The van der Waals surface area contributed by atoms with Gasteiger partial charge in [-0.05, 0) is 23.8 Å². The summed E-state index contributed by atoms with van der Waals surface area (Å²) < 4.78 is 30.9. The topological polar surface area (TPSA) is 92.7 Å². The van der Waals surface area contributed by atoms with Crippen LogP contribution in [0.25, 0.3) is 6.08 Å². The summed E-state index contributed by atoms with van der Waals surface area (Å²) in [6.45, 7) is 0.450. The average Bonchev–Trinajstić information content (AvgIpc) is 2.37. The van der Waals surface area contributed by atoms with Crippen LogP contribution < -0.4 is 4.72 Å². The zero-order chi connectivity index (χ0) is 14.3. The van der Waals surface area contributed by atoms with Crippen LogP contribution in [0.15, 0.2) is 35.2 Å². The van der Waals surface area contributed by atoms with Crippen LogP contribution in [0.4, 0.5) is 0 Å². The van der Waals surface area contributed by atoms with E-state index in [1.165, 1.54) is 25.3 Å². The van der Waals surface area contributed by atoms with E-state index in [0.717, 1.165) is 6.08 Å². The first-order chi connectivity index (χ1) is 8.95. The van der Waals surface area contributed by atoms with Crippen LogP contribution in [0, 0.1) is 0 Å². The Hall–Kier alpha value is -1.70. The van der Waals surface area contributed by atoms with Crippen molar-refractivity contribution in [1.82, 2.24) is 4.72 Å². The van der Waals surface area contributed by atoms with Gasteiger partial charge < -0.3 is 9.84 Å². The Morgan fingerprint density at radius 1 is 1.47 bits per heavy atom. The number of aliphatic carboxylic acids is 1. The van der Waals surface area contributed by atoms with E-state index < -0.39 is 16.0 Å². The summed E-state index contributed by atoms with van der Waals surface area (Å²) in [4.78, 5) is 10.5. The van der Waals surface area contributed by atoms with Crippen LogP contribution >= 0.6 is 0 Å². The number of carboxylic acids is 1. The summed E-state index contributed by atoms with van der Waals surface area (Å²) in [5.41, 5.74) is 0.497. The lowest BCUT2D eigenvalue weighted by molar-refractivity contribution is -0.131. The number of ether oxygens (including phenoxy) is 1. The van der Waals surface area contributed by atoms with Crippen molar-refractivity contribution in [3.05, 3.63) is 35.9 Å². The molecule has 0 saturated heterocycles. The lowest BCUT2D eigenvalue weighted by Gasteiger charge is -2.06. The number of carbonyl (C=O) groups is 1. The molecule has 2 N–H and O–H groups in total. The van der Waals surface area contributed by atoms with Crippen molar-refractivity contribution in [2.45, 2.75) is 4.90 Å². The summed E-state index contributed by atoms with van der Waals surface area (Å²) in [6, 6.07) is 6.00. The Labute approximate surface area is 111 Å². The number of hydrogen-bond donors (Lipinski definition) is 2. The van der Waals surface area contributed by atoms with Crippen LogP contribution in [0.5, 0.6) is 0 Å². The Balaban J connectivity index is 2.89. The van der Waals surface area contributed by atoms with Crippen LogP contribution in [-0.4, -0.2) is 39.8 Å². The monoisotopic (exact) mass is 285 g/mol. The van der Waals surface area contributed by atoms with Gasteiger partial charge in [0.15, 0.2) is 0 Å². The molecule has 1 aromatic rings. The largest absolute Gasteiger partial charge is 0.478 e. The Bertz CT molecular complexity index is 565. The molecule has 0 fully saturated rings. The Morgan fingerprint density at radius 2 is 2.21 bits per heavy atom. The lowest BCUT2D eigenvalue weighted by atomic mass is 10.2. The second-order valence-corrected chi connectivity index (χ2v) is 5.40. The molecule has 0 heterocycles. The van der Waals surface area contributed by atoms with Gasteiger partial charge in [0.2, 0.25) is 10.0 Å². The number of carboxylic acid groups (broad SMARTS) is 1. The minimum Gasteiger partial charge on any atom is -0.478 e. The van der Waals surface area contributed by atoms with E-state index in [2.05, 4.69) is 4.72 Å². The van der Waals surface area contributed by atoms with Gasteiger partial charge in [-0.2, -0.15) is 0 Å². The predicted molar refractivity (Wildman–Crippen MR) is 70.2 cm³/mol. The second-order valence-electron chi connectivity index (χ2n) is 3.63. The summed E-state index contributed by atoms with van der Waals surface area (Å²) in [5.74, 6) is -1.09. The van der Waals surface area contributed by atoms with E-state index in [4.69, 9.17) is 9.84 Å². The molecular weight excluding hydrogens is 270 g/mol. The van der Waals surface area contributed by atoms with Crippen molar-refractivity contribution in [2.24, 2.45) is 0 Å². The standard InChI is InChI=1S/C12H15NO5S/c1-18-8-7-13-19(16,17)11-4-2-3-10(9-11)5-6-12(14)15/h2-6,9,13H,7-8H2,1H3,(H,14,15)/b6-5+. The number of hydrogen-bond acceptors (Lipinski definition) is 4. The normalized spacial score (nSPS) is 11.8. The highest BCUT2D eigenvalue weighted by atomic mass is 32.2. The van der Waals surface area contributed by atoms with Crippen LogP contribution in [0.2, 0.25) is 0 Å². The smallest absolute Gasteiger partial charge is 0.328 e. The van der Waals surface area contributed by atoms with Gasteiger partial charge in [0.25, 0.3) is 0 Å². The third kappa shape index (κ3) is 5.21. The zero-order valence-electron chi connectivity index (χ0n) is 10.4. The summed E-state index contributed by atoms with van der Waals surface area (Å²) >= 11 is 0. The van der Waals surface area contributed by atoms with E-state index >= 15 is 0 Å². The highest BCUT2D eigenvalue weighted by Gasteiger charge is 2.12. The first-order valence-electron chi connectivity index (χ1n) is 5.45. The van der Waals surface area contributed by atoms with Crippen LogP contribution in [0.3, 0.4) is 0 Å². The number of benzene rings is 1. The number of nitrogens with one attached hydrogen (secondary N) is 1. The minimum atomic E-state index is -3.60. The van der Waals surface area contributed by atoms with Gasteiger partial charge in [-0.15, -0.1) is 0 Å². The maximum Gasteiger partial charge on any atom is 0.328 e. The Morgan fingerprint density at radius 3 is 2.84 bits per heavy atom. The van der Waals surface area contributed by atoms with E-state index in [1.807, 2.05) is 0 Å². The van der Waals surface area contributed by atoms with Gasteiger partial charge in [0.1, 0.15) is 0 Å². The van der Waals surface area contributed by atoms with Crippen molar-refractivity contribution in [1.29, 1.82) is 0 Å². The summed E-state index contributed by atoms with van der Waals surface area (Å²) in [7, 11) is -2.13. The van der Waals surface area contributed by atoms with E-state index in [0.29, 0.717) is 5.56 Å². The van der Waals surface area contributed by atoms with Gasteiger partial charge in [-0.25, -0.2) is 17.9 Å². The van der Waals surface area contributed by atoms with Crippen molar-refractivity contribution < 1.29 is 23.1 Å². The quantitative estimate of drug-likeness (QED) is 0.568. The van der Waals surface area contributed by atoms with Gasteiger partial charge in [-0.1, -0.05) is 12.1 Å². The molecule has 0 spiro atoms. The molecule has 0 bridgehead atoms. The molecule has 0 aliphatic carbocycles. The van der Waals surface area contributed by atoms with Crippen molar-refractivity contribution in [3.63, 3.8) is 0 Å². The number of methoxy groups -OCH3 is 1. The average molecular weight is 285 g/mol. The molecule has 19 heavy (non-hydrogen) atoms. The molecule has 0 aromatic heterocycles. The molecule has 0 aliphatic heterocycles. The molecule has 0 unspecified atom stereocenters. The first-order valence-corrected chi connectivity index (χ1v) is 6.94. The molecule has 1 aromatic carbocycles. The fourth-order valence-corrected chi connectivity index (χ4v) is 2.38. The van der Waals surface area contributed by atoms with Crippen molar-refractivity contribution in [2.75, 3.05) is 20.3 Å². The van der Waals surface area contributed by atoms with Gasteiger partial charge in [0, 0.05) is 19.7 Å². The molecule has 0 amide bonds. The highest BCUT2D eigenvalue weighted by Crippen LogP contribution is 2.12. The maximum atomic E-state index is 11.9. The van der Waals surface area contributed by atoms with Crippen LogP contribution in [-0.2, 0) is 19.6 Å². The lowest BCUT2D eigenvalue weighted by Crippen LogP contribution is -2.27. The first kappa shape index (κ1) is 15.4. The summed E-state index contributed by atoms with van der Waals surface area (Å²) in [5, 5.41) is 8.52. The molecule has 1 rings (SSSR count). The molecule has 6 nitrogen and oxygen atoms in total. The van der Waals surface area contributed by atoms with Crippen molar-refractivity contribution in [3.8, 4) is 0 Å². The van der Waals surface area contributed by atoms with Crippen molar-refractivity contribution >= 4 is 22.1 Å². The molecular formula is C12H15NO5S. The SMILES string of the molecule is COCCNS(=O)(=O)c1cccc(/C=C/C(=O)O)c1. The minimum absolute atomic E-state index is 0.0798. The third-order valence-electron chi connectivity index (χ3n) is 2.19. The third-order valence-corrected chi connectivity index (χ3v) is 3.64. The Kier molecular flexibility index (Phi) is 5.68. The predicted octanol–water partition coefficient (Wildman–Crippen LogP) is 0.709. The van der Waals surface area contributed by atoms with E-state index in [1.54, 1.807) is 12.1 Å². The molecule has 0 saturated carbocycles. The number of rotatable bonds is 7. The second kappa shape index (κ2) is 7.03. The molecule has 104 valence electrons. The number of sulfonamides is 1. The van der Waals surface area contributed by atoms with Gasteiger partial charge in [0.05, 0.1) is 11.5 Å². The molecule has 7 heteroatoms. The zero-order valence-corrected chi connectivity index (χ0v) is 11.2. The van der Waals surface area contributed by atoms with Crippen LogP contribution in [0.1, 0.15) is 5.56 Å². The van der Waals surface area contributed by atoms with E-state index in [-0.39, 0.29) is 18.0 Å². The molecule has 0 aliphatic rings. The van der Waals surface area contributed by atoms with Gasteiger partial charge in [-0.3, -0.25) is 0 Å². The van der Waals surface area contributed by atoms with E-state index in [9.17, 15) is 13.2 Å². The molecule has 0 atom stereocenters. The molecule has 0 radical (unpaired) electrons. The summed E-state index contributed by atoms with van der Waals surface area (Å²) in [6.07, 6.45) is 2.28. The fourth-order valence-electron chi connectivity index (χ4n) is 1.31. The fraction of sp³-hybridized carbons (Fsp3) is 0.250. The maximum absolute atomic E-state index is 11.9. The van der Waals surface area contributed by atoms with Gasteiger partial charge >= 0.3 is 5.97 Å².